The van der Waals surface area contributed by atoms with Crippen LogP contribution in [0.25, 0.3) is 0 Å². The van der Waals surface area contributed by atoms with Gasteiger partial charge in [0.1, 0.15) is 0 Å². The number of thioether (sulfide) groups is 2. The second kappa shape index (κ2) is 6.95. The number of amides is 1. The molecule has 1 aliphatic rings. The fourth-order valence-corrected chi connectivity index (χ4v) is 3.76. The third-order valence-electron chi connectivity index (χ3n) is 2.78. The summed E-state index contributed by atoms with van der Waals surface area (Å²) in [6.45, 7) is 0. The number of benzene rings is 1. The maximum atomic E-state index is 10.9. The standard InChI is InChI=1S/C13H18N2OS2/c14-13(16)9-18-12-6-2-1-5-11(12)15-10-4-3-7-17-8-10/h1-2,5-6,10,15H,3-4,7-9H2,(H2,14,16). The monoisotopic (exact) mass is 282 g/mol. The van der Waals surface area contributed by atoms with Gasteiger partial charge in [-0.3, -0.25) is 4.79 Å². The molecule has 0 radical (unpaired) electrons. The highest BCUT2D eigenvalue weighted by Crippen LogP contribution is 2.29. The minimum atomic E-state index is -0.275. The molecule has 0 aliphatic carbocycles. The van der Waals surface area contributed by atoms with E-state index >= 15 is 0 Å². The molecule has 18 heavy (non-hydrogen) atoms. The van der Waals surface area contributed by atoms with Crippen molar-refractivity contribution in [3.05, 3.63) is 24.3 Å². The molecule has 1 atom stereocenters. The van der Waals surface area contributed by atoms with Crippen LogP contribution >= 0.6 is 23.5 Å². The Morgan fingerprint density at radius 2 is 2.33 bits per heavy atom. The Labute approximate surface area is 116 Å². The number of primary amides is 1. The molecule has 0 saturated carbocycles. The first-order valence-electron chi connectivity index (χ1n) is 6.10. The lowest BCUT2D eigenvalue weighted by Gasteiger charge is -2.24. The molecule has 1 fully saturated rings. The first kappa shape index (κ1) is 13.6. The maximum Gasteiger partial charge on any atom is 0.227 e. The van der Waals surface area contributed by atoms with Crippen molar-refractivity contribution >= 4 is 35.1 Å². The fourth-order valence-electron chi connectivity index (χ4n) is 1.94. The zero-order chi connectivity index (χ0) is 12.8. The molecule has 3 N–H and O–H groups in total. The average molecular weight is 282 g/mol. The van der Waals surface area contributed by atoms with Crippen LogP contribution < -0.4 is 11.1 Å². The molecular formula is C13H18N2OS2. The van der Waals surface area contributed by atoms with Crippen LogP contribution in [0.4, 0.5) is 5.69 Å². The first-order valence-corrected chi connectivity index (χ1v) is 8.24. The third-order valence-corrected chi connectivity index (χ3v) is 5.09. The van der Waals surface area contributed by atoms with Crippen molar-refractivity contribution in [2.75, 3.05) is 22.6 Å². The van der Waals surface area contributed by atoms with Gasteiger partial charge in [0, 0.05) is 22.4 Å². The highest BCUT2D eigenvalue weighted by Gasteiger charge is 2.14. The Hall–Kier alpha value is -0.810. The number of nitrogens with two attached hydrogens (primary N) is 1. The zero-order valence-electron chi connectivity index (χ0n) is 10.2. The van der Waals surface area contributed by atoms with Gasteiger partial charge in [-0.25, -0.2) is 0 Å². The summed E-state index contributed by atoms with van der Waals surface area (Å²) in [5.41, 5.74) is 6.31. The zero-order valence-corrected chi connectivity index (χ0v) is 11.9. The summed E-state index contributed by atoms with van der Waals surface area (Å²) >= 11 is 3.50. The third kappa shape index (κ3) is 4.14. The van der Waals surface area contributed by atoms with E-state index in [2.05, 4.69) is 11.4 Å². The molecule has 1 amide bonds. The van der Waals surface area contributed by atoms with Gasteiger partial charge >= 0.3 is 0 Å². The Kier molecular flexibility index (Phi) is 5.26. The minimum Gasteiger partial charge on any atom is -0.381 e. The molecule has 98 valence electrons. The smallest absolute Gasteiger partial charge is 0.227 e. The van der Waals surface area contributed by atoms with Crippen molar-refractivity contribution < 1.29 is 4.79 Å². The highest BCUT2D eigenvalue weighted by atomic mass is 32.2. The van der Waals surface area contributed by atoms with E-state index in [4.69, 9.17) is 5.73 Å². The van der Waals surface area contributed by atoms with Gasteiger partial charge < -0.3 is 11.1 Å². The van der Waals surface area contributed by atoms with E-state index in [0.717, 1.165) is 16.3 Å². The van der Waals surface area contributed by atoms with Crippen molar-refractivity contribution in [2.24, 2.45) is 5.73 Å². The normalized spacial score (nSPS) is 19.4. The molecule has 0 spiro atoms. The Morgan fingerprint density at radius 3 is 3.06 bits per heavy atom. The molecule has 2 rings (SSSR count). The molecule has 0 bridgehead atoms. The summed E-state index contributed by atoms with van der Waals surface area (Å²) in [5.74, 6) is 2.49. The van der Waals surface area contributed by atoms with Gasteiger partial charge in [0.05, 0.1) is 5.75 Å². The van der Waals surface area contributed by atoms with Crippen molar-refractivity contribution in [3.8, 4) is 0 Å². The molecule has 1 aromatic carbocycles. The van der Waals surface area contributed by atoms with E-state index in [1.807, 2.05) is 30.0 Å². The van der Waals surface area contributed by atoms with Crippen LogP contribution in [0.5, 0.6) is 0 Å². The van der Waals surface area contributed by atoms with Gasteiger partial charge in [-0.1, -0.05) is 12.1 Å². The van der Waals surface area contributed by atoms with Crippen molar-refractivity contribution in [3.63, 3.8) is 0 Å². The van der Waals surface area contributed by atoms with Gasteiger partial charge in [-0.05, 0) is 30.7 Å². The largest absolute Gasteiger partial charge is 0.381 e. The van der Waals surface area contributed by atoms with Crippen LogP contribution in [0, 0.1) is 0 Å². The van der Waals surface area contributed by atoms with E-state index in [-0.39, 0.29) is 5.91 Å². The molecule has 1 saturated heterocycles. The molecule has 5 heteroatoms. The summed E-state index contributed by atoms with van der Waals surface area (Å²) in [4.78, 5) is 12.0. The number of hydrogen-bond donors (Lipinski definition) is 2. The van der Waals surface area contributed by atoms with Crippen molar-refractivity contribution in [2.45, 2.75) is 23.8 Å². The average Bonchev–Trinajstić information content (AvgIpc) is 2.39. The second-order valence-corrected chi connectivity index (χ2v) is 6.48. The molecule has 1 aromatic rings. The summed E-state index contributed by atoms with van der Waals surface area (Å²) in [7, 11) is 0. The Balaban J connectivity index is 1.99. The summed E-state index contributed by atoms with van der Waals surface area (Å²) in [6, 6.07) is 8.66. The van der Waals surface area contributed by atoms with E-state index in [1.54, 1.807) is 0 Å². The lowest BCUT2D eigenvalue weighted by Crippen LogP contribution is -2.26. The van der Waals surface area contributed by atoms with Gasteiger partial charge in [0.15, 0.2) is 0 Å². The highest BCUT2D eigenvalue weighted by molar-refractivity contribution is 8.00. The maximum absolute atomic E-state index is 10.9. The predicted octanol–water partition coefficient (Wildman–Crippen LogP) is 2.57. The number of anilines is 1. The summed E-state index contributed by atoms with van der Waals surface area (Å²) in [6.07, 6.45) is 2.50. The fraction of sp³-hybridized carbons (Fsp3) is 0.462. The molecule has 1 heterocycles. The van der Waals surface area contributed by atoms with Crippen LogP contribution in [0.1, 0.15) is 12.8 Å². The number of para-hydroxylation sites is 1. The predicted molar refractivity (Wildman–Crippen MR) is 80.3 cm³/mol. The molecular weight excluding hydrogens is 264 g/mol. The molecule has 1 unspecified atom stereocenters. The van der Waals surface area contributed by atoms with Crippen molar-refractivity contribution in [1.82, 2.24) is 0 Å². The number of carbonyl (C=O) groups is 1. The molecule has 0 aromatic heterocycles. The lowest BCUT2D eigenvalue weighted by atomic mass is 10.1. The lowest BCUT2D eigenvalue weighted by molar-refractivity contribution is -0.115. The second-order valence-electron chi connectivity index (χ2n) is 4.31. The number of rotatable bonds is 5. The van der Waals surface area contributed by atoms with Gasteiger partial charge in [0.25, 0.3) is 0 Å². The van der Waals surface area contributed by atoms with Gasteiger partial charge in [-0.15, -0.1) is 11.8 Å². The van der Waals surface area contributed by atoms with Crippen LogP contribution in [0.2, 0.25) is 0 Å². The number of nitrogens with one attached hydrogen (secondary N) is 1. The van der Waals surface area contributed by atoms with Gasteiger partial charge in [-0.2, -0.15) is 11.8 Å². The van der Waals surface area contributed by atoms with Crippen LogP contribution in [-0.4, -0.2) is 29.2 Å². The number of hydrogen-bond acceptors (Lipinski definition) is 4. The summed E-state index contributed by atoms with van der Waals surface area (Å²) in [5, 5.41) is 3.58. The van der Waals surface area contributed by atoms with Crippen LogP contribution in [0.3, 0.4) is 0 Å². The number of carbonyl (C=O) groups excluding carboxylic acids is 1. The Morgan fingerprint density at radius 1 is 1.50 bits per heavy atom. The quantitative estimate of drug-likeness (QED) is 0.815. The van der Waals surface area contributed by atoms with E-state index < -0.39 is 0 Å². The van der Waals surface area contributed by atoms with Crippen LogP contribution in [0.15, 0.2) is 29.2 Å². The minimum absolute atomic E-state index is 0.275. The Bertz CT molecular complexity index is 406. The van der Waals surface area contributed by atoms with Crippen LogP contribution in [-0.2, 0) is 4.79 Å². The topological polar surface area (TPSA) is 55.1 Å². The van der Waals surface area contributed by atoms with E-state index in [9.17, 15) is 4.79 Å². The SMILES string of the molecule is NC(=O)CSc1ccccc1NC1CCCSC1. The molecule has 1 aliphatic heterocycles. The van der Waals surface area contributed by atoms with Gasteiger partial charge in [0.2, 0.25) is 5.91 Å². The summed E-state index contributed by atoms with van der Waals surface area (Å²) < 4.78 is 0. The molecule has 3 nitrogen and oxygen atoms in total. The van der Waals surface area contributed by atoms with E-state index in [1.165, 1.54) is 30.4 Å². The van der Waals surface area contributed by atoms with E-state index in [0.29, 0.717) is 11.8 Å². The first-order chi connectivity index (χ1) is 8.75. The van der Waals surface area contributed by atoms with Crippen molar-refractivity contribution in [1.29, 1.82) is 0 Å².